The minimum Gasteiger partial charge on any atom is -0.497 e. The zero-order valence-corrected chi connectivity index (χ0v) is 11.2. The van der Waals surface area contributed by atoms with Crippen molar-refractivity contribution in [1.29, 1.82) is 0 Å². The molecule has 0 radical (unpaired) electrons. The maximum Gasteiger partial charge on any atom is 0.329 e. The number of carboxylic acids is 1. The number of nitrogen functional groups attached to an aromatic ring is 1. The predicted octanol–water partition coefficient (Wildman–Crippen LogP) is 1.26. The van der Waals surface area contributed by atoms with Gasteiger partial charge >= 0.3 is 5.97 Å². The molecule has 0 heterocycles. The van der Waals surface area contributed by atoms with E-state index < -0.39 is 17.4 Å². The molecular formula is C13H18N2O4. The van der Waals surface area contributed by atoms with E-state index in [1.807, 2.05) is 0 Å². The van der Waals surface area contributed by atoms with Crippen molar-refractivity contribution in [3.63, 3.8) is 0 Å². The lowest BCUT2D eigenvalue weighted by atomic mass is 9.98. The smallest absolute Gasteiger partial charge is 0.329 e. The third-order valence-electron chi connectivity index (χ3n) is 3.07. The number of benzene rings is 1. The van der Waals surface area contributed by atoms with Crippen LogP contribution in [0.1, 0.15) is 30.6 Å². The molecule has 1 atom stereocenters. The summed E-state index contributed by atoms with van der Waals surface area (Å²) in [7, 11) is 1.47. The van der Waals surface area contributed by atoms with Crippen molar-refractivity contribution in [2.24, 2.45) is 0 Å². The second-order valence-electron chi connectivity index (χ2n) is 4.40. The van der Waals surface area contributed by atoms with Crippen molar-refractivity contribution in [3.8, 4) is 5.75 Å². The molecule has 4 N–H and O–H groups in total. The number of nitrogens with two attached hydrogens (primary N) is 1. The number of carbonyl (C=O) groups is 2. The molecule has 1 aromatic rings. The summed E-state index contributed by atoms with van der Waals surface area (Å²) in [6, 6.07) is 4.64. The third kappa shape index (κ3) is 3.15. The molecule has 1 unspecified atom stereocenters. The number of hydrogen-bond donors (Lipinski definition) is 3. The number of anilines is 1. The Morgan fingerprint density at radius 1 is 1.47 bits per heavy atom. The van der Waals surface area contributed by atoms with Crippen LogP contribution >= 0.6 is 0 Å². The van der Waals surface area contributed by atoms with Crippen molar-refractivity contribution in [3.05, 3.63) is 23.8 Å². The van der Waals surface area contributed by atoms with Gasteiger partial charge in [-0.3, -0.25) is 4.79 Å². The summed E-state index contributed by atoms with van der Waals surface area (Å²) in [4.78, 5) is 23.3. The van der Waals surface area contributed by atoms with Gasteiger partial charge in [-0.1, -0.05) is 6.92 Å². The SMILES string of the molecule is CCC(C)(NC(=O)c1cc(OC)ccc1N)C(=O)O. The first-order valence-electron chi connectivity index (χ1n) is 5.83. The van der Waals surface area contributed by atoms with Crippen molar-refractivity contribution in [2.75, 3.05) is 12.8 Å². The van der Waals surface area contributed by atoms with Crippen LogP contribution in [0.4, 0.5) is 5.69 Å². The summed E-state index contributed by atoms with van der Waals surface area (Å²) in [5, 5.41) is 11.6. The van der Waals surface area contributed by atoms with Crippen molar-refractivity contribution < 1.29 is 19.4 Å². The zero-order chi connectivity index (χ0) is 14.6. The topological polar surface area (TPSA) is 102 Å². The van der Waals surface area contributed by atoms with Gasteiger partial charge in [-0.2, -0.15) is 0 Å². The van der Waals surface area contributed by atoms with Crippen LogP contribution < -0.4 is 15.8 Å². The number of ether oxygens (including phenoxy) is 1. The standard InChI is InChI=1S/C13H18N2O4/c1-4-13(2,12(17)18)15-11(16)9-7-8(19-3)5-6-10(9)14/h5-7H,4,14H2,1-3H3,(H,15,16)(H,17,18). The van der Waals surface area contributed by atoms with Gasteiger partial charge in [0.15, 0.2) is 0 Å². The van der Waals surface area contributed by atoms with Crippen LogP contribution in [0.2, 0.25) is 0 Å². The quantitative estimate of drug-likeness (QED) is 0.696. The van der Waals surface area contributed by atoms with Gasteiger partial charge in [-0.05, 0) is 31.5 Å². The van der Waals surface area contributed by atoms with Gasteiger partial charge in [0, 0.05) is 5.69 Å². The van der Waals surface area contributed by atoms with E-state index in [-0.39, 0.29) is 17.7 Å². The molecule has 6 heteroatoms. The lowest BCUT2D eigenvalue weighted by Gasteiger charge is -2.25. The summed E-state index contributed by atoms with van der Waals surface area (Å²) in [6.07, 6.45) is 0.262. The fourth-order valence-corrected chi connectivity index (χ4v) is 1.47. The summed E-state index contributed by atoms with van der Waals surface area (Å²) in [5.41, 5.74) is 4.85. The maximum atomic E-state index is 12.1. The molecule has 0 aliphatic rings. The molecule has 6 nitrogen and oxygen atoms in total. The highest BCUT2D eigenvalue weighted by molar-refractivity contribution is 6.02. The largest absolute Gasteiger partial charge is 0.497 e. The Morgan fingerprint density at radius 3 is 2.58 bits per heavy atom. The Balaban J connectivity index is 3.04. The Morgan fingerprint density at radius 2 is 2.11 bits per heavy atom. The maximum absolute atomic E-state index is 12.1. The van der Waals surface area contributed by atoms with Crippen LogP contribution in [0, 0.1) is 0 Å². The molecule has 1 aromatic carbocycles. The van der Waals surface area contributed by atoms with Crippen LogP contribution in [0.3, 0.4) is 0 Å². The summed E-state index contributed by atoms with van der Waals surface area (Å²) < 4.78 is 5.01. The Labute approximate surface area is 111 Å². The highest BCUT2D eigenvalue weighted by Gasteiger charge is 2.33. The molecule has 0 aliphatic heterocycles. The van der Waals surface area contributed by atoms with Crippen molar-refractivity contribution >= 4 is 17.6 Å². The minimum atomic E-state index is -1.33. The highest BCUT2D eigenvalue weighted by Crippen LogP contribution is 2.20. The molecule has 0 spiro atoms. The normalized spacial score (nSPS) is 13.4. The number of rotatable bonds is 5. The van der Waals surface area contributed by atoms with Gasteiger partial charge in [0.25, 0.3) is 5.91 Å². The first-order chi connectivity index (χ1) is 8.84. The van der Waals surface area contributed by atoms with Crippen molar-refractivity contribution in [1.82, 2.24) is 5.32 Å². The minimum absolute atomic E-state index is 0.195. The monoisotopic (exact) mass is 266 g/mol. The van der Waals surface area contributed by atoms with Gasteiger partial charge in [0.1, 0.15) is 11.3 Å². The molecule has 19 heavy (non-hydrogen) atoms. The van der Waals surface area contributed by atoms with E-state index in [2.05, 4.69) is 5.32 Å². The molecule has 0 aliphatic carbocycles. The molecule has 0 saturated heterocycles. The average molecular weight is 266 g/mol. The summed E-state index contributed by atoms with van der Waals surface area (Å²) >= 11 is 0. The van der Waals surface area contributed by atoms with E-state index in [1.165, 1.54) is 26.2 Å². The lowest BCUT2D eigenvalue weighted by Crippen LogP contribution is -2.51. The molecule has 0 saturated carbocycles. The fourth-order valence-electron chi connectivity index (χ4n) is 1.47. The summed E-state index contributed by atoms with van der Waals surface area (Å²) in [6.45, 7) is 3.13. The van der Waals surface area contributed by atoms with Crippen molar-refractivity contribution in [2.45, 2.75) is 25.8 Å². The predicted molar refractivity (Wildman–Crippen MR) is 71.2 cm³/mol. The number of aliphatic carboxylic acids is 1. The van der Waals surface area contributed by atoms with Gasteiger partial charge < -0.3 is 20.9 Å². The fraction of sp³-hybridized carbons (Fsp3) is 0.385. The number of amides is 1. The number of methoxy groups -OCH3 is 1. The molecule has 104 valence electrons. The first-order valence-corrected chi connectivity index (χ1v) is 5.83. The third-order valence-corrected chi connectivity index (χ3v) is 3.07. The zero-order valence-electron chi connectivity index (χ0n) is 11.2. The molecule has 0 fully saturated rings. The lowest BCUT2D eigenvalue weighted by molar-refractivity contribution is -0.143. The van der Waals surface area contributed by atoms with Crippen LogP contribution in [-0.4, -0.2) is 29.6 Å². The van der Waals surface area contributed by atoms with Gasteiger partial charge in [0.2, 0.25) is 0 Å². The summed E-state index contributed by atoms with van der Waals surface area (Å²) in [5.74, 6) is -1.15. The van der Waals surface area contributed by atoms with Crippen LogP contribution in [0.5, 0.6) is 5.75 Å². The Hall–Kier alpha value is -2.24. The molecule has 0 bridgehead atoms. The van der Waals surface area contributed by atoms with Crippen LogP contribution in [-0.2, 0) is 4.79 Å². The van der Waals surface area contributed by atoms with Gasteiger partial charge in [-0.15, -0.1) is 0 Å². The first kappa shape index (κ1) is 14.8. The molecule has 1 amide bonds. The number of nitrogens with one attached hydrogen (secondary N) is 1. The Bertz CT molecular complexity index is 501. The second-order valence-corrected chi connectivity index (χ2v) is 4.40. The number of hydrogen-bond acceptors (Lipinski definition) is 4. The van der Waals surface area contributed by atoms with E-state index in [0.717, 1.165) is 0 Å². The van der Waals surface area contributed by atoms with E-state index in [4.69, 9.17) is 15.6 Å². The van der Waals surface area contributed by atoms with E-state index in [1.54, 1.807) is 13.0 Å². The van der Waals surface area contributed by atoms with E-state index in [9.17, 15) is 9.59 Å². The van der Waals surface area contributed by atoms with Crippen LogP contribution in [0.15, 0.2) is 18.2 Å². The Kier molecular flexibility index (Phi) is 4.37. The van der Waals surface area contributed by atoms with E-state index in [0.29, 0.717) is 5.75 Å². The van der Waals surface area contributed by atoms with Gasteiger partial charge in [-0.25, -0.2) is 4.79 Å². The highest BCUT2D eigenvalue weighted by atomic mass is 16.5. The molecule has 1 rings (SSSR count). The second kappa shape index (κ2) is 5.60. The number of carboxylic acid groups (broad SMARTS) is 1. The molecule has 0 aromatic heterocycles. The number of carbonyl (C=O) groups excluding carboxylic acids is 1. The average Bonchev–Trinajstić information content (AvgIpc) is 2.38. The molecular weight excluding hydrogens is 248 g/mol. The van der Waals surface area contributed by atoms with E-state index >= 15 is 0 Å². The van der Waals surface area contributed by atoms with Gasteiger partial charge in [0.05, 0.1) is 12.7 Å². The van der Waals surface area contributed by atoms with Crippen LogP contribution in [0.25, 0.3) is 0 Å².